The normalized spacial score (nSPS) is 16.6. The van der Waals surface area contributed by atoms with E-state index >= 15 is 0 Å². The number of hydrogen-bond acceptors (Lipinski definition) is 4. The molecule has 1 aliphatic rings. The minimum Gasteiger partial charge on any atom is -0.444 e. The van der Waals surface area contributed by atoms with Crippen LogP contribution < -0.4 is 5.32 Å². The van der Waals surface area contributed by atoms with Crippen molar-refractivity contribution >= 4 is 27.7 Å². The molecule has 116 valence electrons. The fraction of sp³-hybridized carbons (Fsp3) is 0.571. The van der Waals surface area contributed by atoms with Crippen LogP contribution in [0.2, 0.25) is 0 Å². The van der Waals surface area contributed by atoms with Crippen molar-refractivity contribution in [2.45, 2.75) is 13.3 Å². The van der Waals surface area contributed by atoms with E-state index in [2.05, 4.69) is 26.1 Å². The maximum atomic E-state index is 12.3. The molecule has 0 aromatic carbocycles. The molecule has 1 aromatic rings. The zero-order valence-corrected chi connectivity index (χ0v) is 13.7. The van der Waals surface area contributed by atoms with Crippen molar-refractivity contribution in [2.75, 3.05) is 39.3 Å². The Bertz CT molecular complexity index is 503. The molecule has 6 nitrogen and oxygen atoms in total. The fourth-order valence-corrected chi connectivity index (χ4v) is 2.68. The molecule has 0 aliphatic carbocycles. The minimum absolute atomic E-state index is 0.0345. The van der Waals surface area contributed by atoms with Crippen molar-refractivity contribution < 1.29 is 14.0 Å². The molecule has 21 heavy (non-hydrogen) atoms. The highest BCUT2D eigenvalue weighted by molar-refractivity contribution is 9.10. The van der Waals surface area contributed by atoms with Gasteiger partial charge in [-0.25, -0.2) is 0 Å². The zero-order valence-electron chi connectivity index (χ0n) is 12.1. The summed E-state index contributed by atoms with van der Waals surface area (Å²) in [7, 11) is 0. The number of rotatable bonds is 4. The number of furan rings is 1. The highest BCUT2D eigenvalue weighted by Gasteiger charge is 2.23. The summed E-state index contributed by atoms with van der Waals surface area (Å²) < 4.78 is 5.86. The molecule has 2 heterocycles. The second-order valence-electron chi connectivity index (χ2n) is 4.98. The van der Waals surface area contributed by atoms with Crippen molar-refractivity contribution in [1.82, 2.24) is 15.1 Å². The van der Waals surface area contributed by atoms with E-state index in [0.29, 0.717) is 43.2 Å². The van der Waals surface area contributed by atoms with Gasteiger partial charge in [0.05, 0.1) is 6.54 Å². The lowest BCUT2D eigenvalue weighted by Crippen LogP contribution is -2.40. The summed E-state index contributed by atoms with van der Waals surface area (Å²) in [5.74, 6) is 0.284. The molecule has 2 amide bonds. The van der Waals surface area contributed by atoms with Crippen molar-refractivity contribution in [1.29, 1.82) is 0 Å². The first-order chi connectivity index (χ1) is 10.1. The summed E-state index contributed by atoms with van der Waals surface area (Å²) in [4.78, 5) is 27.8. The first kappa shape index (κ1) is 16.0. The van der Waals surface area contributed by atoms with Gasteiger partial charge in [-0.2, -0.15) is 0 Å². The summed E-state index contributed by atoms with van der Waals surface area (Å²) in [6.07, 6.45) is 0.854. The molecule has 1 aliphatic heterocycles. The van der Waals surface area contributed by atoms with Gasteiger partial charge in [-0.1, -0.05) is 0 Å². The Morgan fingerprint density at radius 1 is 1.29 bits per heavy atom. The van der Waals surface area contributed by atoms with Crippen LogP contribution in [0.25, 0.3) is 0 Å². The summed E-state index contributed by atoms with van der Waals surface area (Å²) in [6, 6.07) is 3.39. The lowest BCUT2D eigenvalue weighted by molar-refractivity contribution is -0.122. The van der Waals surface area contributed by atoms with Crippen molar-refractivity contribution in [3.8, 4) is 0 Å². The molecule has 0 spiro atoms. The number of hydrogen-bond donors (Lipinski definition) is 1. The molecule has 2 rings (SSSR count). The predicted octanol–water partition coefficient (Wildman–Crippen LogP) is 1.33. The molecule has 7 heteroatoms. The van der Waals surface area contributed by atoms with Gasteiger partial charge in [-0.05, 0) is 41.4 Å². The average molecular weight is 358 g/mol. The molecule has 1 N–H and O–H groups in total. The van der Waals surface area contributed by atoms with E-state index in [1.807, 2.05) is 6.92 Å². The van der Waals surface area contributed by atoms with Gasteiger partial charge in [0, 0.05) is 32.7 Å². The molecule has 0 saturated carbocycles. The van der Waals surface area contributed by atoms with Crippen LogP contribution in [-0.2, 0) is 4.79 Å². The van der Waals surface area contributed by atoms with Gasteiger partial charge >= 0.3 is 0 Å². The Morgan fingerprint density at radius 3 is 2.76 bits per heavy atom. The molecular weight excluding hydrogens is 338 g/mol. The van der Waals surface area contributed by atoms with Crippen LogP contribution >= 0.6 is 15.9 Å². The smallest absolute Gasteiger partial charge is 0.289 e. The maximum Gasteiger partial charge on any atom is 0.289 e. The number of carbonyl (C=O) groups is 2. The van der Waals surface area contributed by atoms with Crippen LogP contribution in [0.4, 0.5) is 0 Å². The van der Waals surface area contributed by atoms with E-state index in [-0.39, 0.29) is 11.8 Å². The summed E-state index contributed by atoms with van der Waals surface area (Å²) in [5, 5.41) is 2.79. The second kappa shape index (κ2) is 7.61. The molecule has 0 bridgehead atoms. The third kappa shape index (κ3) is 4.57. The van der Waals surface area contributed by atoms with Gasteiger partial charge in [0.2, 0.25) is 5.91 Å². The molecular formula is C14H20BrN3O3. The Morgan fingerprint density at radius 2 is 2.10 bits per heavy atom. The third-order valence-corrected chi connectivity index (χ3v) is 3.83. The van der Waals surface area contributed by atoms with Gasteiger partial charge in [-0.15, -0.1) is 0 Å². The molecule has 1 saturated heterocycles. The van der Waals surface area contributed by atoms with E-state index in [4.69, 9.17) is 4.42 Å². The van der Waals surface area contributed by atoms with E-state index in [0.717, 1.165) is 13.0 Å². The summed E-state index contributed by atoms with van der Waals surface area (Å²) in [6.45, 7) is 5.75. The molecule has 0 unspecified atom stereocenters. The molecule has 0 radical (unpaired) electrons. The monoisotopic (exact) mass is 357 g/mol. The van der Waals surface area contributed by atoms with Crippen LogP contribution in [-0.4, -0.2) is 60.9 Å². The van der Waals surface area contributed by atoms with Crippen LogP contribution in [0.5, 0.6) is 0 Å². The van der Waals surface area contributed by atoms with E-state index in [9.17, 15) is 9.59 Å². The van der Waals surface area contributed by atoms with Crippen molar-refractivity contribution in [2.24, 2.45) is 0 Å². The Balaban J connectivity index is 1.88. The van der Waals surface area contributed by atoms with E-state index < -0.39 is 0 Å². The van der Waals surface area contributed by atoms with Gasteiger partial charge in [0.15, 0.2) is 10.4 Å². The van der Waals surface area contributed by atoms with E-state index in [1.165, 1.54) is 0 Å². The standard InChI is InChI=1S/C14H20BrN3O3/c1-2-16-13(19)10-17-6-3-7-18(9-8-17)14(20)11-4-5-12(15)21-11/h4-5H,2-3,6-10H2,1H3,(H,16,19). The van der Waals surface area contributed by atoms with Crippen molar-refractivity contribution in [3.63, 3.8) is 0 Å². The Hall–Kier alpha value is -1.34. The number of carbonyl (C=O) groups excluding carboxylic acids is 2. The molecule has 1 aromatic heterocycles. The molecule has 0 atom stereocenters. The molecule has 1 fully saturated rings. The number of likely N-dealkylation sites (N-methyl/N-ethyl adjacent to an activating group) is 1. The Kier molecular flexibility index (Phi) is 5.81. The first-order valence-electron chi connectivity index (χ1n) is 7.14. The van der Waals surface area contributed by atoms with Gasteiger partial charge in [0.25, 0.3) is 5.91 Å². The topological polar surface area (TPSA) is 65.8 Å². The zero-order chi connectivity index (χ0) is 15.2. The average Bonchev–Trinajstić information content (AvgIpc) is 2.75. The van der Waals surface area contributed by atoms with Crippen LogP contribution in [0.15, 0.2) is 21.2 Å². The van der Waals surface area contributed by atoms with Crippen LogP contribution in [0, 0.1) is 0 Å². The number of amides is 2. The number of halogens is 1. The largest absolute Gasteiger partial charge is 0.444 e. The summed E-state index contributed by atoms with van der Waals surface area (Å²) >= 11 is 3.20. The Labute approximate surface area is 132 Å². The first-order valence-corrected chi connectivity index (χ1v) is 7.93. The van der Waals surface area contributed by atoms with E-state index in [1.54, 1.807) is 17.0 Å². The summed E-state index contributed by atoms with van der Waals surface area (Å²) in [5.41, 5.74) is 0. The minimum atomic E-state index is -0.0967. The lowest BCUT2D eigenvalue weighted by atomic mass is 10.3. The van der Waals surface area contributed by atoms with Crippen LogP contribution in [0.1, 0.15) is 23.9 Å². The fourth-order valence-electron chi connectivity index (χ4n) is 2.37. The van der Waals surface area contributed by atoms with Gasteiger partial charge in [-0.3, -0.25) is 14.5 Å². The van der Waals surface area contributed by atoms with Gasteiger partial charge < -0.3 is 14.6 Å². The van der Waals surface area contributed by atoms with Crippen LogP contribution in [0.3, 0.4) is 0 Å². The lowest BCUT2D eigenvalue weighted by Gasteiger charge is -2.20. The maximum absolute atomic E-state index is 12.3. The van der Waals surface area contributed by atoms with Gasteiger partial charge in [0.1, 0.15) is 0 Å². The second-order valence-corrected chi connectivity index (χ2v) is 5.76. The predicted molar refractivity (Wildman–Crippen MR) is 82.1 cm³/mol. The highest BCUT2D eigenvalue weighted by atomic mass is 79.9. The quantitative estimate of drug-likeness (QED) is 0.882. The number of nitrogens with one attached hydrogen (secondary N) is 1. The number of nitrogens with zero attached hydrogens (tertiary/aromatic N) is 2. The SMILES string of the molecule is CCNC(=O)CN1CCCN(C(=O)c2ccc(Br)o2)CC1. The van der Waals surface area contributed by atoms with Crippen molar-refractivity contribution in [3.05, 3.63) is 22.6 Å². The third-order valence-electron chi connectivity index (χ3n) is 3.40. The highest BCUT2D eigenvalue weighted by Crippen LogP contribution is 2.16.